The molecule has 12 heteroatoms. The van der Waals surface area contributed by atoms with Gasteiger partial charge in [0.1, 0.15) is 10.6 Å². The molecular formula is C35H41NO10S. The highest BCUT2D eigenvalue weighted by Gasteiger charge is 2.35. The molecule has 0 aromatic heterocycles. The summed E-state index contributed by atoms with van der Waals surface area (Å²) < 4.78 is 60.9. The van der Waals surface area contributed by atoms with Crippen LogP contribution in [0.5, 0.6) is 23.0 Å². The first-order valence-electron chi connectivity index (χ1n) is 15.7. The van der Waals surface area contributed by atoms with Gasteiger partial charge in [0.2, 0.25) is 15.6 Å². The van der Waals surface area contributed by atoms with Crippen LogP contribution < -0.4 is 18.9 Å². The molecule has 11 nitrogen and oxygen atoms in total. The number of hydrogen-bond donors (Lipinski definition) is 0. The van der Waals surface area contributed by atoms with Crippen LogP contribution in [0.15, 0.2) is 59.5 Å². The lowest BCUT2D eigenvalue weighted by molar-refractivity contribution is 0.0436. The Labute approximate surface area is 275 Å². The molecule has 0 unspecified atom stereocenters. The lowest BCUT2D eigenvalue weighted by Crippen LogP contribution is -2.30. The number of amides is 2. The van der Waals surface area contributed by atoms with E-state index in [1.54, 1.807) is 63.8 Å². The fraction of sp³-hybridized carbons (Fsp3) is 0.429. The van der Waals surface area contributed by atoms with Gasteiger partial charge in [0.25, 0.3) is 11.8 Å². The number of imide groups is 1. The predicted octanol–water partition coefficient (Wildman–Crippen LogP) is 5.92. The minimum absolute atomic E-state index is 0.0388. The number of fused-ring (bicyclic) bond motifs is 1. The molecule has 0 saturated carbocycles. The van der Waals surface area contributed by atoms with Crippen LogP contribution >= 0.6 is 0 Å². The van der Waals surface area contributed by atoms with Crippen LogP contribution in [0.25, 0.3) is 0 Å². The second-order valence-electron chi connectivity index (χ2n) is 11.4. The van der Waals surface area contributed by atoms with Crippen molar-refractivity contribution in [3.8, 4) is 23.0 Å². The van der Waals surface area contributed by atoms with Gasteiger partial charge in [0.05, 0.1) is 51.3 Å². The largest absolute Gasteiger partial charge is 0.493 e. The maximum absolute atomic E-state index is 13.3. The van der Waals surface area contributed by atoms with E-state index in [0.717, 1.165) is 17.5 Å². The highest BCUT2D eigenvalue weighted by Crippen LogP contribution is 2.46. The first kappa shape index (κ1) is 34.2. The van der Waals surface area contributed by atoms with Crippen molar-refractivity contribution >= 4 is 21.7 Å². The van der Waals surface area contributed by atoms with Gasteiger partial charge in [-0.1, -0.05) is 25.1 Å². The standard InChI is InChI=1S/C35H41NO10S/c1-5-17-44-22-47(39,40)32-15-12-23(27-13-14-28(46-27)24-20-30(41-2)33(43-4)31(21-24)42-3)19-29(32)45-18-9-8-16-36-34(37)25-10-6-7-11-26(25)35(36)38/h6-7,10-12,15,19-21,27-28H,5,8-9,13-14,16-18,22H2,1-4H3/t27-,28-/m0/s1. The second-order valence-corrected chi connectivity index (χ2v) is 13.3. The third-order valence-electron chi connectivity index (χ3n) is 8.25. The number of benzene rings is 3. The molecule has 0 radical (unpaired) electrons. The van der Waals surface area contributed by atoms with Gasteiger partial charge >= 0.3 is 0 Å². The molecule has 2 heterocycles. The molecule has 3 aromatic carbocycles. The normalized spacial score (nSPS) is 17.6. The topological polar surface area (TPSA) is 127 Å². The predicted molar refractivity (Wildman–Crippen MR) is 173 cm³/mol. The number of nitrogens with zero attached hydrogens (tertiary/aromatic N) is 1. The van der Waals surface area contributed by atoms with Gasteiger partial charge in [0.15, 0.2) is 17.4 Å². The number of ether oxygens (including phenoxy) is 6. The van der Waals surface area contributed by atoms with Crippen LogP contribution in [-0.4, -0.2) is 72.2 Å². The summed E-state index contributed by atoms with van der Waals surface area (Å²) in [6.07, 6.45) is 2.56. The Kier molecular flexibility index (Phi) is 11.1. The van der Waals surface area contributed by atoms with Crippen molar-refractivity contribution in [2.45, 2.75) is 56.1 Å². The molecule has 2 aliphatic rings. The molecule has 2 amide bonds. The van der Waals surface area contributed by atoms with Crippen molar-refractivity contribution in [2.75, 3.05) is 47.0 Å². The highest BCUT2D eigenvalue weighted by atomic mass is 32.2. The Morgan fingerprint density at radius 2 is 1.40 bits per heavy atom. The second kappa shape index (κ2) is 15.2. The lowest BCUT2D eigenvalue weighted by atomic mass is 10.0. The summed E-state index contributed by atoms with van der Waals surface area (Å²) in [4.78, 5) is 26.7. The van der Waals surface area contributed by atoms with Gasteiger partial charge < -0.3 is 28.4 Å². The number of methoxy groups -OCH3 is 3. The fourth-order valence-electron chi connectivity index (χ4n) is 5.88. The zero-order valence-corrected chi connectivity index (χ0v) is 28.0. The third-order valence-corrected chi connectivity index (χ3v) is 9.74. The summed E-state index contributed by atoms with van der Waals surface area (Å²) in [7, 11) is 0.874. The summed E-state index contributed by atoms with van der Waals surface area (Å²) in [6, 6.07) is 15.5. The van der Waals surface area contributed by atoms with E-state index in [0.29, 0.717) is 60.7 Å². The fourth-order valence-corrected chi connectivity index (χ4v) is 7.05. The molecule has 0 aliphatic carbocycles. The lowest BCUT2D eigenvalue weighted by Gasteiger charge is -2.19. The molecule has 0 spiro atoms. The van der Waals surface area contributed by atoms with Crippen molar-refractivity contribution in [3.63, 3.8) is 0 Å². The van der Waals surface area contributed by atoms with Gasteiger partial charge in [-0.05, 0) is 79.6 Å². The van der Waals surface area contributed by atoms with Crippen molar-refractivity contribution in [1.82, 2.24) is 4.90 Å². The van der Waals surface area contributed by atoms with Crippen LogP contribution in [-0.2, 0) is 19.3 Å². The number of carbonyl (C=O) groups is 2. The van der Waals surface area contributed by atoms with Crippen molar-refractivity contribution in [3.05, 3.63) is 76.9 Å². The number of unbranched alkanes of at least 4 members (excludes halogenated alkanes) is 1. The summed E-state index contributed by atoms with van der Waals surface area (Å²) in [5.74, 6) is 0.711. The Hall–Kier alpha value is -4.13. The molecule has 1 saturated heterocycles. The SMILES string of the molecule is CCCOCS(=O)(=O)c1ccc([C@@H]2CC[C@@H](c3cc(OC)c(OC)c(OC)c3)O2)cc1OCCCCN1C(=O)c2ccccc2C1=O. The summed E-state index contributed by atoms with van der Waals surface area (Å²) >= 11 is 0. The summed E-state index contributed by atoms with van der Waals surface area (Å²) in [5, 5.41) is 0. The van der Waals surface area contributed by atoms with Crippen molar-refractivity contribution in [2.24, 2.45) is 0 Å². The van der Waals surface area contributed by atoms with Crippen LogP contribution in [0.2, 0.25) is 0 Å². The summed E-state index contributed by atoms with van der Waals surface area (Å²) in [5.41, 5.74) is 2.48. The Morgan fingerprint density at radius 3 is 2.00 bits per heavy atom. The Morgan fingerprint density at radius 1 is 0.787 bits per heavy atom. The molecule has 0 N–H and O–H groups in total. The Balaban J connectivity index is 1.28. The van der Waals surface area contributed by atoms with Crippen LogP contribution in [0.4, 0.5) is 0 Å². The van der Waals surface area contributed by atoms with E-state index in [1.807, 2.05) is 19.1 Å². The van der Waals surface area contributed by atoms with E-state index in [1.165, 1.54) is 4.90 Å². The van der Waals surface area contributed by atoms with E-state index in [9.17, 15) is 18.0 Å². The van der Waals surface area contributed by atoms with Gasteiger partial charge in [-0.2, -0.15) is 0 Å². The maximum Gasteiger partial charge on any atom is 0.261 e. The van der Waals surface area contributed by atoms with Crippen molar-refractivity contribution in [1.29, 1.82) is 0 Å². The van der Waals surface area contributed by atoms with Crippen LogP contribution in [0, 0.1) is 0 Å². The minimum atomic E-state index is -3.81. The van der Waals surface area contributed by atoms with Gasteiger partial charge in [-0.3, -0.25) is 14.5 Å². The monoisotopic (exact) mass is 667 g/mol. The molecule has 47 heavy (non-hydrogen) atoms. The quantitative estimate of drug-likeness (QED) is 0.134. The van der Waals surface area contributed by atoms with E-state index >= 15 is 0 Å². The van der Waals surface area contributed by atoms with Gasteiger partial charge in [0, 0.05) is 13.2 Å². The van der Waals surface area contributed by atoms with Gasteiger partial charge in [-0.25, -0.2) is 8.42 Å². The van der Waals surface area contributed by atoms with Crippen molar-refractivity contribution < 1.29 is 46.4 Å². The first-order chi connectivity index (χ1) is 22.7. The number of sulfone groups is 1. The highest BCUT2D eigenvalue weighted by molar-refractivity contribution is 7.91. The average Bonchev–Trinajstić information content (AvgIpc) is 3.67. The summed E-state index contributed by atoms with van der Waals surface area (Å²) in [6.45, 7) is 2.66. The molecule has 3 aromatic rings. The Bertz CT molecular complexity index is 1650. The van der Waals surface area contributed by atoms with E-state index in [2.05, 4.69) is 0 Å². The number of hydrogen-bond acceptors (Lipinski definition) is 10. The maximum atomic E-state index is 13.3. The van der Waals surface area contributed by atoms with E-state index in [4.69, 9.17) is 28.4 Å². The van der Waals surface area contributed by atoms with E-state index < -0.39 is 15.8 Å². The molecule has 2 atom stereocenters. The zero-order chi connectivity index (χ0) is 33.6. The van der Waals surface area contributed by atoms with Crippen LogP contribution in [0.3, 0.4) is 0 Å². The van der Waals surface area contributed by atoms with E-state index in [-0.39, 0.29) is 47.8 Å². The molecule has 5 rings (SSSR count). The minimum Gasteiger partial charge on any atom is -0.493 e. The number of rotatable bonds is 16. The van der Waals surface area contributed by atoms with Crippen LogP contribution in [0.1, 0.15) is 83.1 Å². The van der Waals surface area contributed by atoms with Gasteiger partial charge in [-0.15, -0.1) is 0 Å². The number of carbonyl (C=O) groups excluding carboxylic acids is 2. The molecule has 1 fully saturated rings. The first-order valence-corrected chi connectivity index (χ1v) is 17.3. The molecule has 2 aliphatic heterocycles. The zero-order valence-electron chi connectivity index (χ0n) is 27.2. The third kappa shape index (κ3) is 7.39. The molecule has 0 bridgehead atoms. The molecule has 252 valence electrons. The smallest absolute Gasteiger partial charge is 0.261 e. The molecular weight excluding hydrogens is 626 g/mol. The average molecular weight is 668 g/mol.